The zero-order valence-electron chi connectivity index (χ0n) is 14.9. The van der Waals surface area contributed by atoms with Crippen molar-refractivity contribution in [2.24, 2.45) is 10.8 Å². The van der Waals surface area contributed by atoms with Gasteiger partial charge in [-0.15, -0.1) is 0 Å². The van der Waals surface area contributed by atoms with Gasteiger partial charge >= 0.3 is 0 Å². The number of hydrogen-bond acceptors (Lipinski definition) is 8. The maximum Gasteiger partial charge on any atom is 0.150 e. The molecule has 0 aliphatic carbocycles. The fourth-order valence-corrected chi connectivity index (χ4v) is 5.31. The molecule has 4 fully saturated rings. The van der Waals surface area contributed by atoms with E-state index in [9.17, 15) is 25.2 Å². The molecule has 0 aromatic carbocycles. The first-order valence-corrected chi connectivity index (χ1v) is 9.05. The van der Waals surface area contributed by atoms with Crippen LogP contribution in [0.5, 0.6) is 0 Å². The molecule has 0 amide bonds. The number of Topliss-reactive ketones (excluding diaryl/α,β-unsaturated/α-hetero) is 1. The van der Waals surface area contributed by atoms with Gasteiger partial charge in [-0.05, 0) is 6.42 Å². The van der Waals surface area contributed by atoms with Crippen LogP contribution in [0.4, 0.5) is 0 Å². The number of nitrogens with zero attached hydrogens (tertiary/aromatic N) is 2. The van der Waals surface area contributed by atoms with Gasteiger partial charge in [0, 0.05) is 26.2 Å². The van der Waals surface area contributed by atoms with E-state index in [0.29, 0.717) is 32.0 Å². The topological polar surface area (TPSA) is 125 Å². The van der Waals surface area contributed by atoms with Crippen LogP contribution in [-0.2, 0) is 4.79 Å². The van der Waals surface area contributed by atoms with E-state index in [1.165, 1.54) is 0 Å². The average Bonchev–Trinajstić information content (AvgIpc) is 2.56. The lowest BCUT2D eigenvalue weighted by Gasteiger charge is -2.66. The highest BCUT2D eigenvalue weighted by atomic mass is 16.4. The second-order valence-corrected chi connectivity index (χ2v) is 8.37. The van der Waals surface area contributed by atoms with E-state index in [-0.39, 0.29) is 0 Å². The Hall–Kier alpha value is -0.610. The first kappa shape index (κ1) is 19.2. The summed E-state index contributed by atoms with van der Waals surface area (Å²) in [7, 11) is 0. The predicted molar refractivity (Wildman–Crippen MR) is 88.5 cm³/mol. The number of aliphatic hydroxyl groups excluding tert-OH is 5. The van der Waals surface area contributed by atoms with Crippen molar-refractivity contribution in [3.8, 4) is 0 Å². The van der Waals surface area contributed by atoms with Crippen LogP contribution in [0, 0.1) is 10.8 Å². The lowest BCUT2D eigenvalue weighted by atomic mass is 9.59. The van der Waals surface area contributed by atoms with E-state index in [4.69, 9.17) is 5.11 Å². The van der Waals surface area contributed by atoms with Crippen molar-refractivity contribution in [1.82, 2.24) is 9.80 Å². The highest BCUT2D eigenvalue weighted by Crippen LogP contribution is 2.50. The largest absolute Gasteiger partial charge is 0.394 e. The Kier molecular flexibility index (Phi) is 5.00. The molecule has 0 aromatic heterocycles. The molecule has 4 aliphatic rings. The van der Waals surface area contributed by atoms with Crippen molar-refractivity contribution in [1.29, 1.82) is 0 Å². The lowest BCUT2D eigenvalue weighted by Crippen LogP contribution is -2.81. The highest BCUT2D eigenvalue weighted by molar-refractivity contribution is 5.93. The Morgan fingerprint density at radius 3 is 2.12 bits per heavy atom. The maximum absolute atomic E-state index is 13.0. The summed E-state index contributed by atoms with van der Waals surface area (Å²) in [5, 5.41) is 49.3. The molecule has 2 unspecified atom stereocenters. The number of aliphatic hydroxyl groups is 5. The van der Waals surface area contributed by atoms with Crippen LogP contribution >= 0.6 is 0 Å². The summed E-state index contributed by atoms with van der Waals surface area (Å²) in [4.78, 5) is 17.0. The Labute approximate surface area is 147 Å². The Bertz CT molecular complexity index is 513. The number of ketones is 1. The van der Waals surface area contributed by atoms with Gasteiger partial charge in [-0.1, -0.05) is 20.3 Å². The summed E-state index contributed by atoms with van der Waals surface area (Å²) in [5.41, 5.74) is -0.902. The van der Waals surface area contributed by atoms with E-state index in [1.54, 1.807) is 0 Å². The highest BCUT2D eigenvalue weighted by Gasteiger charge is 2.64. The summed E-state index contributed by atoms with van der Waals surface area (Å²) in [6.07, 6.45) is -4.86. The quantitative estimate of drug-likeness (QED) is 0.346. The molecule has 144 valence electrons. The molecule has 0 radical (unpaired) electrons. The molecule has 4 rings (SSSR count). The number of piperidine rings is 2. The van der Waals surface area contributed by atoms with Gasteiger partial charge in [0.1, 0.15) is 30.2 Å². The average molecular weight is 358 g/mol. The van der Waals surface area contributed by atoms with Crippen molar-refractivity contribution in [2.75, 3.05) is 32.8 Å². The van der Waals surface area contributed by atoms with E-state index in [0.717, 1.165) is 12.8 Å². The molecule has 4 bridgehead atoms. The van der Waals surface area contributed by atoms with Crippen LogP contribution in [-0.4, -0.2) is 104 Å². The minimum Gasteiger partial charge on any atom is -0.394 e. The Balaban J connectivity index is 1.82. The molecule has 4 heterocycles. The van der Waals surface area contributed by atoms with Gasteiger partial charge in [0.2, 0.25) is 0 Å². The molecule has 0 aromatic rings. The Morgan fingerprint density at radius 2 is 1.64 bits per heavy atom. The van der Waals surface area contributed by atoms with Crippen molar-refractivity contribution in [2.45, 2.75) is 57.3 Å². The second-order valence-electron chi connectivity index (χ2n) is 8.37. The van der Waals surface area contributed by atoms with Crippen LogP contribution in [0.3, 0.4) is 0 Å². The van der Waals surface area contributed by atoms with Gasteiger partial charge in [-0.25, -0.2) is 0 Å². The summed E-state index contributed by atoms with van der Waals surface area (Å²) < 4.78 is 0. The van der Waals surface area contributed by atoms with Crippen molar-refractivity contribution >= 4 is 5.78 Å². The van der Waals surface area contributed by atoms with Crippen molar-refractivity contribution < 1.29 is 30.3 Å². The molecule has 25 heavy (non-hydrogen) atoms. The molecule has 0 saturated carbocycles. The van der Waals surface area contributed by atoms with Crippen LogP contribution in [0.15, 0.2) is 0 Å². The van der Waals surface area contributed by atoms with Gasteiger partial charge in [0.25, 0.3) is 0 Å². The lowest BCUT2D eigenvalue weighted by molar-refractivity contribution is -0.231. The monoisotopic (exact) mass is 358 g/mol. The summed E-state index contributed by atoms with van der Waals surface area (Å²) >= 11 is 0. The smallest absolute Gasteiger partial charge is 0.150 e. The summed E-state index contributed by atoms with van der Waals surface area (Å²) in [5.74, 6) is 0.304. The van der Waals surface area contributed by atoms with Crippen LogP contribution in [0.25, 0.3) is 0 Å². The normalized spacial score (nSPS) is 44.6. The fraction of sp³-hybridized carbons (Fsp3) is 0.941. The van der Waals surface area contributed by atoms with E-state index in [1.807, 2.05) is 16.7 Å². The van der Waals surface area contributed by atoms with Gasteiger partial charge in [0.05, 0.1) is 23.6 Å². The number of hydrogen-bond donors (Lipinski definition) is 5. The van der Waals surface area contributed by atoms with Gasteiger partial charge < -0.3 is 25.5 Å². The molecular weight excluding hydrogens is 328 g/mol. The molecule has 4 saturated heterocycles. The molecular formula is C17H30N2O6. The summed E-state index contributed by atoms with van der Waals surface area (Å²) in [6, 6.07) is 0. The SMILES string of the molecule is CCCC12CN3CC(C)(CN(C1)C3[C@H](O)[C@H](O)[C@@H](O)[C@@H](O)CO)C2=O. The zero-order valence-corrected chi connectivity index (χ0v) is 14.9. The predicted octanol–water partition coefficient (Wildman–Crippen LogP) is -2.24. The zero-order chi connectivity index (χ0) is 18.6. The molecule has 6 atom stereocenters. The number of carbonyl (C=O) groups is 1. The molecule has 0 spiro atoms. The van der Waals surface area contributed by atoms with Crippen molar-refractivity contribution in [3.63, 3.8) is 0 Å². The number of rotatable bonds is 7. The van der Waals surface area contributed by atoms with Crippen LogP contribution in [0.2, 0.25) is 0 Å². The standard InChI is InChI=1S/C17H30N2O6/c1-3-4-17-8-18-6-16(2,15(17)25)7-19(9-17)14(18)13(24)12(23)11(22)10(21)5-20/h10-14,20-24H,3-9H2,1-2H3/t10-,11-,12+,13+,14?,16?,17?/m0/s1. The first-order chi connectivity index (χ1) is 11.7. The van der Waals surface area contributed by atoms with E-state index >= 15 is 0 Å². The van der Waals surface area contributed by atoms with Crippen molar-refractivity contribution in [3.05, 3.63) is 0 Å². The first-order valence-electron chi connectivity index (χ1n) is 9.05. The molecule has 8 heteroatoms. The van der Waals surface area contributed by atoms with Gasteiger partial charge in [-0.3, -0.25) is 14.6 Å². The van der Waals surface area contributed by atoms with Crippen LogP contribution in [0.1, 0.15) is 26.7 Å². The third-order valence-electron chi connectivity index (χ3n) is 6.21. The van der Waals surface area contributed by atoms with Crippen LogP contribution < -0.4 is 0 Å². The second kappa shape index (κ2) is 6.53. The van der Waals surface area contributed by atoms with Gasteiger partial charge in [-0.2, -0.15) is 0 Å². The minimum atomic E-state index is -1.64. The fourth-order valence-electron chi connectivity index (χ4n) is 5.31. The maximum atomic E-state index is 13.0. The minimum absolute atomic E-state index is 0.304. The molecule has 8 nitrogen and oxygen atoms in total. The third kappa shape index (κ3) is 2.84. The molecule has 5 N–H and O–H groups in total. The third-order valence-corrected chi connectivity index (χ3v) is 6.21. The molecule has 4 aliphatic heterocycles. The summed E-state index contributed by atoms with van der Waals surface area (Å²) in [6.45, 7) is 5.43. The van der Waals surface area contributed by atoms with Gasteiger partial charge in [0.15, 0.2) is 0 Å². The van der Waals surface area contributed by atoms with E-state index in [2.05, 4.69) is 6.92 Å². The van der Waals surface area contributed by atoms with E-state index < -0.39 is 48.0 Å². The Morgan fingerprint density at radius 1 is 1.08 bits per heavy atom. The number of carbonyl (C=O) groups excluding carboxylic acids is 1.